The molecule has 0 atom stereocenters. The SMILES string of the molecule is CCN1CCC(NCc2cncnc2)CC1. The van der Waals surface area contributed by atoms with Gasteiger partial charge in [-0.3, -0.25) is 0 Å². The normalized spacial score (nSPS) is 18.8. The molecule has 0 radical (unpaired) electrons. The molecule has 1 aliphatic rings. The molecule has 4 heteroatoms. The van der Waals surface area contributed by atoms with Crippen LogP contribution in [0.2, 0.25) is 0 Å². The molecule has 0 amide bonds. The highest BCUT2D eigenvalue weighted by molar-refractivity contribution is 5.01. The van der Waals surface area contributed by atoms with Crippen molar-refractivity contribution in [1.29, 1.82) is 0 Å². The molecule has 0 unspecified atom stereocenters. The minimum Gasteiger partial charge on any atom is -0.310 e. The second-order valence-corrected chi connectivity index (χ2v) is 4.34. The Kier molecular flexibility index (Phi) is 4.25. The summed E-state index contributed by atoms with van der Waals surface area (Å²) >= 11 is 0. The zero-order valence-electron chi connectivity index (χ0n) is 9.89. The molecule has 0 saturated carbocycles. The fraction of sp³-hybridized carbons (Fsp3) is 0.667. The summed E-state index contributed by atoms with van der Waals surface area (Å²) in [5, 5.41) is 3.58. The molecule has 1 aromatic rings. The number of nitrogens with one attached hydrogen (secondary N) is 1. The van der Waals surface area contributed by atoms with Gasteiger partial charge in [0.15, 0.2) is 0 Å². The summed E-state index contributed by atoms with van der Waals surface area (Å²) in [5.41, 5.74) is 1.17. The Labute approximate surface area is 97.1 Å². The molecule has 16 heavy (non-hydrogen) atoms. The Morgan fingerprint density at radius 1 is 1.31 bits per heavy atom. The van der Waals surface area contributed by atoms with Crippen LogP contribution in [0, 0.1) is 0 Å². The quantitative estimate of drug-likeness (QED) is 0.823. The van der Waals surface area contributed by atoms with E-state index in [0.717, 1.165) is 6.54 Å². The summed E-state index contributed by atoms with van der Waals surface area (Å²) in [4.78, 5) is 10.5. The van der Waals surface area contributed by atoms with Crippen molar-refractivity contribution in [3.63, 3.8) is 0 Å². The lowest BCUT2D eigenvalue weighted by Gasteiger charge is -2.31. The highest BCUT2D eigenvalue weighted by atomic mass is 15.1. The van der Waals surface area contributed by atoms with Crippen molar-refractivity contribution in [3.8, 4) is 0 Å². The molecule has 2 heterocycles. The highest BCUT2D eigenvalue weighted by Gasteiger charge is 2.17. The molecule has 4 nitrogen and oxygen atoms in total. The van der Waals surface area contributed by atoms with Crippen LogP contribution in [0.15, 0.2) is 18.7 Å². The number of hydrogen-bond acceptors (Lipinski definition) is 4. The number of likely N-dealkylation sites (tertiary alicyclic amines) is 1. The molecule has 2 rings (SSSR count). The van der Waals surface area contributed by atoms with E-state index >= 15 is 0 Å². The lowest BCUT2D eigenvalue weighted by atomic mass is 10.0. The highest BCUT2D eigenvalue weighted by Crippen LogP contribution is 2.10. The Balaban J connectivity index is 1.72. The van der Waals surface area contributed by atoms with E-state index in [4.69, 9.17) is 0 Å². The Morgan fingerprint density at radius 2 is 2.00 bits per heavy atom. The molecule has 1 saturated heterocycles. The van der Waals surface area contributed by atoms with Crippen molar-refractivity contribution in [2.24, 2.45) is 0 Å². The van der Waals surface area contributed by atoms with Crippen molar-refractivity contribution in [3.05, 3.63) is 24.3 Å². The first-order valence-corrected chi connectivity index (χ1v) is 6.08. The van der Waals surface area contributed by atoms with Crippen LogP contribution in [0.1, 0.15) is 25.3 Å². The van der Waals surface area contributed by atoms with Gasteiger partial charge in [-0.1, -0.05) is 6.92 Å². The summed E-state index contributed by atoms with van der Waals surface area (Å²) in [7, 11) is 0. The van der Waals surface area contributed by atoms with Crippen molar-refractivity contribution >= 4 is 0 Å². The molecule has 1 aliphatic heterocycles. The van der Waals surface area contributed by atoms with Gasteiger partial charge in [-0.05, 0) is 32.5 Å². The Bertz CT molecular complexity index is 293. The third-order valence-electron chi connectivity index (χ3n) is 3.24. The predicted octanol–water partition coefficient (Wildman–Crippen LogP) is 1.05. The predicted molar refractivity (Wildman–Crippen MR) is 64.0 cm³/mol. The minimum atomic E-state index is 0.656. The molecular formula is C12H20N4. The van der Waals surface area contributed by atoms with E-state index in [1.165, 1.54) is 38.0 Å². The molecule has 0 bridgehead atoms. The van der Waals surface area contributed by atoms with Crippen LogP contribution in [-0.2, 0) is 6.54 Å². The van der Waals surface area contributed by atoms with Gasteiger partial charge in [-0.2, -0.15) is 0 Å². The van der Waals surface area contributed by atoms with Crippen molar-refractivity contribution in [2.75, 3.05) is 19.6 Å². The number of nitrogens with zero attached hydrogens (tertiary/aromatic N) is 3. The van der Waals surface area contributed by atoms with Crippen LogP contribution in [0.5, 0.6) is 0 Å². The fourth-order valence-electron chi connectivity index (χ4n) is 2.14. The summed E-state index contributed by atoms with van der Waals surface area (Å²) in [5.74, 6) is 0. The maximum Gasteiger partial charge on any atom is 0.115 e. The molecular weight excluding hydrogens is 200 g/mol. The smallest absolute Gasteiger partial charge is 0.115 e. The first-order valence-electron chi connectivity index (χ1n) is 6.08. The van der Waals surface area contributed by atoms with E-state index in [2.05, 4.69) is 27.1 Å². The van der Waals surface area contributed by atoms with Gasteiger partial charge in [-0.15, -0.1) is 0 Å². The molecule has 1 fully saturated rings. The molecule has 88 valence electrons. The maximum absolute atomic E-state index is 4.01. The van der Waals surface area contributed by atoms with E-state index in [9.17, 15) is 0 Å². The van der Waals surface area contributed by atoms with Crippen LogP contribution in [-0.4, -0.2) is 40.5 Å². The van der Waals surface area contributed by atoms with Crippen LogP contribution in [0.4, 0.5) is 0 Å². The van der Waals surface area contributed by atoms with Crippen LogP contribution >= 0.6 is 0 Å². The number of aromatic nitrogens is 2. The van der Waals surface area contributed by atoms with E-state index in [-0.39, 0.29) is 0 Å². The zero-order chi connectivity index (χ0) is 11.2. The summed E-state index contributed by atoms with van der Waals surface area (Å²) < 4.78 is 0. The van der Waals surface area contributed by atoms with Crippen LogP contribution < -0.4 is 5.32 Å². The van der Waals surface area contributed by atoms with Crippen LogP contribution in [0.3, 0.4) is 0 Å². The minimum absolute atomic E-state index is 0.656. The van der Waals surface area contributed by atoms with E-state index < -0.39 is 0 Å². The standard InChI is InChI=1S/C12H20N4/c1-2-16-5-3-12(4-6-16)15-9-11-7-13-10-14-8-11/h7-8,10,12,15H,2-6,9H2,1H3. The number of hydrogen-bond donors (Lipinski definition) is 1. The van der Waals surface area contributed by atoms with Gasteiger partial charge >= 0.3 is 0 Å². The second-order valence-electron chi connectivity index (χ2n) is 4.34. The maximum atomic E-state index is 4.01. The van der Waals surface area contributed by atoms with Crippen LogP contribution in [0.25, 0.3) is 0 Å². The van der Waals surface area contributed by atoms with Gasteiger partial charge < -0.3 is 10.2 Å². The van der Waals surface area contributed by atoms with Gasteiger partial charge in [0.05, 0.1) is 0 Å². The van der Waals surface area contributed by atoms with Crippen molar-refractivity contribution in [2.45, 2.75) is 32.4 Å². The van der Waals surface area contributed by atoms with Crippen molar-refractivity contribution in [1.82, 2.24) is 20.2 Å². The lowest BCUT2D eigenvalue weighted by Crippen LogP contribution is -2.42. The van der Waals surface area contributed by atoms with Gasteiger partial charge in [-0.25, -0.2) is 9.97 Å². The first kappa shape index (κ1) is 11.5. The summed E-state index contributed by atoms with van der Waals surface area (Å²) in [6.07, 6.45) is 7.83. The lowest BCUT2D eigenvalue weighted by molar-refractivity contribution is 0.206. The summed E-state index contributed by atoms with van der Waals surface area (Å²) in [6, 6.07) is 0.656. The number of piperidine rings is 1. The largest absolute Gasteiger partial charge is 0.310 e. The number of rotatable bonds is 4. The third-order valence-corrected chi connectivity index (χ3v) is 3.24. The average Bonchev–Trinajstić information content (AvgIpc) is 2.38. The fourth-order valence-corrected chi connectivity index (χ4v) is 2.14. The van der Waals surface area contributed by atoms with Gasteiger partial charge in [0, 0.05) is 30.5 Å². The average molecular weight is 220 g/mol. The molecule has 0 aliphatic carbocycles. The van der Waals surface area contributed by atoms with Gasteiger partial charge in [0.2, 0.25) is 0 Å². The molecule has 0 spiro atoms. The topological polar surface area (TPSA) is 41.0 Å². The monoisotopic (exact) mass is 220 g/mol. The summed E-state index contributed by atoms with van der Waals surface area (Å²) in [6.45, 7) is 6.74. The van der Waals surface area contributed by atoms with E-state index in [1.807, 2.05) is 12.4 Å². The van der Waals surface area contributed by atoms with Gasteiger partial charge in [0.25, 0.3) is 0 Å². The van der Waals surface area contributed by atoms with E-state index in [0.29, 0.717) is 6.04 Å². The van der Waals surface area contributed by atoms with E-state index in [1.54, 1.807) is 6.33 Å². The van der Waals surface area contributed by atoms with Gasteiger partial charge in [0.1, 0.15) is 6.33 Å². The molecule has 0 aromatic carbocycles. The molecule has 1 N–H and O–H groups in total. The van der Waals surface area contributed by atoms with Crippen molar-refractivity contribution < 1.29 is 0 Å². The zero-order valence-corrected chi connectivity index (χ0v) is 9.89. The Morgan fingerprint density at radius 3 is 2.62 bits per heavy atom. The first-order chi connectivity index (χ1) is 7.88. The third kappa shape index (κ3) is 3.25. The Hall–Kier alpha value is -1.00. The second kappa shape index (κ2) is 5.92. The molecule has 1 aromatic heterocycles.